The molecular formula is C15H22O2. The normalized spacial score (nSPS) is 13.8. The fourth-order valence-corrected chi connectivity index (χ4v) is 1.58. The minimum atomic E-state index is -0.951. The lowest BCUT2D eigenvalue weighted by Gasteiger charge is -2.24. The highest BCUT2D eigenvalue weighted by molar-refractivity contribution is 5.99. The molecule has 0 saturated heterocycles. The first-order valence-corrected chi connectivity index (χ1v) is 6.05. The zero-order valence-electron chi connectivity index (χ0n) is 11.3. The summed E-state index contributed by atoms with van der Waals surface area (Å²) in [5.74, 6) is 0.250. The Morgan fingerprint density at radius 3 is 1.94 bits per heavy atom. The molecular weight excluding hydrogens is 212 g/mol. The summed E-state index contributed by atoms with van der Waals surface area (Å²) in [4.78, 5) is 12.0. The highest BCUT2D eigenvalue weighted by atomic mass is 16.3. The number of hydrogen-bond donors (Lipinski definition) is 1. The Hall–Kier alpha value is -1.15. The van der Waals surface area contributed by atoms with Gasteiger partial charge in [0.05, 0.1) is 0 Å². The van der Waals surface area contributed by atoms with Crippen LogP contribution in [0.2, 0.25) is 0 Å². The molecule has 0 aliphatic heterocycles. The molecule has 0 fully saturated rings. The average molecular weight is 234 g/mol. The van der Waals surface area contributed by atoms with Crippen LogP contribution in [0.1, 0.15) is 56.5 Å². The number of rotatable bonds is 3. The number of hydrogen-bond acceptors (Lipinski definition) is 2. The minimum absolute atomic E-state index is 0.201. The van der Waals surface area contributed by atoms with Gasteiger partial charge in [-0.2, -0.15) is 0 Å². The van der Waals surface area contributed by atoms with Crippen molar-refractivity contribution in [2.45, 2.75) is 46.6 Å². The third-order valence-electron chi connectivity index (χ3n) is 2.93. The van der Waals surface area contributed by atoms with Gasteiger partial charge in [-0.25, -0.2) is 0 Å². The first-order chi connectivity index (χ1) is 7.73. The van der Waals surface area contributed by atoms with Crippen molar-refractivity contribution in [3.8, 4) is 0 Å². The summed E-state index contributed by atoms with van der Waals surface area (Å²) in [6, 6.07) is 7.50. The van der Waals surface area contributed by atoms with Crippen LogP contribution in [0.5, 0.6) is 0 Å². The fraction of sp³-hybridized carbons (Fsp3) is 0.533. The molecule has 1 aromatic carbocycles. The second kappa shape index (κ2) is 5.01. The largest absolute Gasteiger partial charge is 0.384 e. The van der Waals surface area contributed by atoms with Crippen molar-refractivity contribution in [1.82, 2.24) is 0 Å². The Balaban J connectivity index is 2.91. The second-order valence-corrected chi connectivity index (χ2v) is 5.91. The van der Waals surface area contributed by atoms with Crippen molar-refractivity contribution >= 4 is 5.78 Å². The van der Waals surface area contributed by atoms with Gasteiger partial charge in [-0.15, -0.1) is 0 Å². The van der Waals surface area contributed by atoms with Crippen LogP contribution in [0.3, 0.4) is 0 Å². The molecule has 0 saturated carbocycles. The fourth-order valence-electron chi connectivity index (χ4n) is 1.58. The lowest BCUT2D eigenvalue weighted by molar-refractivity contribution is 0.0442. The van der Waals surface area contributed by atoms with E-state index in [1.54, 1.807) is 12.1 Å². The van der Waals surface area contributed by atoms with E-state index < -0.39 is 11.5 Å². The number of ketones is 1. The number of Topliss-reactive ketones (excluding diaryl/α,β-unsaturated/α-hetero) is 1. The van der Waals surface area contributed by atoms with Gasteiger partial charge in [-0.3, -0.25) is 4.79 Å². The molecule has 1 atom stereocenters. The Bertz CT molecular complexity index is 382. The van der Waals surface area contributed by atoms with Gasteiger partial charge < -0.3 is 5.11 Å². The summed E-state index contributed by atoms with van der Waals surface area (Å²) < 4.78 is 0. The van der Waals surface area contributed by atoms with Crippen LogP contribution in [0.25, 0.3) is 0 Å². The standard InChI is InChI=1S/C15H22O2/c1-10(2)11-6-8-12(9-7-11)13(16)14(17)15(3,4)5/h6-10,14,17H,1-5H3. The summed E-state index contributed by atoms with van der Waals surface area (Å²) in [6.07, 6.45) is -0.951. The summed E-state index contributed by atoms with van der Waals surface area (Å²) in [6.45, 7) is 9.80. The van der Waals surface area contributed by atoms with E-state index in [1.807, 2.05) is 32.9 Å². The van der Waals surface area contributed by atoms with Crippen molar-refractivity contribution in [3.63, 3.8) is 0 Å². The smallest absolute Gasteiger partial charge is 0.191 e. The number of aliphatic hydroxyl groups excluding tert-OH is 1. The van der Waals surface area contributed by atoms with Crippen molar-refractivity contribution in [2.75, 3.05) is 0 Å². The third kappa shape index (κ3) is 3.40. The number of carbonyl (C=O) groups is 1. The van der Waals surface area contributed by atoms with Gasteiger partial charge in [-0.1, -0.05) is 58.9 Å². The Morgan fingerprint density at radius 1 is 1.12 bits per heavy atom. The van der Waals surface area contributed by atoms with Gasteiger partial charge in [-0.05, 0) is 16.9 Å². The number of benzene rings is 1. The van der Waals surface area contributed by atoms with Crippen LogP contribution in [0.15, 0.2) is 24.3 Å². The molecule has 0 aliphatic carbocycles. The molecule has 0 radical (unpaired) electrons. The van der Waals surface area contributed by atoms with Gasteiger partial charge in [0, 0.05) is 5.56 Å². The van der Waals surface area contributed by atoms with Crippen LogP contribution >= 0.6 is 0 Å². The Labute approximate surface area is 104 Å². The van der Waals surface area contributed by atoms with Crippen LogP contribution in [-0.4, -0.2) is 17.0 Å². The van der Waals surface area contributed by atoms with E-state index in [2.05, 4.69) is 13.8 Å². The molecule has 1 unspecified atom stereocenters. The van der Waals surface area contributed by atoms with Gasteiger partial charge in [0.15, 0.2) is 5.78 Å². The van der Waals surface area contributed by atoms with Gasteiger partial charge in [0.2, 0.25) is 0 Å². The van der Waals surface area contributed by atoms with Crippen molar-refractivity contribution < 1.29 is 9.90 Å². The highest BCUT2D eigenvalue weighted by Gasteiger charge is 2.29. The molecule has 17 heavy (non-hydrogen) atoms. The Kier molecular flexibility index (Phi) is 4.10. The van der Waals surface area contributed by atoms with Crippen LogP contribution < -0.4 is 0 Å². The predicted octanol–water partition coefficient (Wildman–Crippen LogP) is 3.40. The zero-order valence-corrected chi connectivity index (χ0v) is 11.3. The topological polar surface area (TPSA) is 37.3 Å². The molecule has 1 rings (SSSR count). The third-order valence-corrected chi connectivity index (χ3v) is 2.93. The van der Waals surface area contributed by atoms with Gasteiger partial charge >= 0.3 is 0 Å². The molecule has 1 N–H and O–H groups in total. The quantitative estimate of drug-likeness (QED) is 0.814. The monoisotopic (exact) mass is 234 g/mol. The average Bonchev–Trinajstić information content (AvgIpc) is 2.26. The SMILES string of the molecule is CC(C)c1ccc(C(=O)C(O)C(C)(C)C)cc1. The minimum Gasteiger partial charge on any atom is -0.384 e. The maximum Gasteiger partial charge on any atom is 0.191 e. The van der Waals surface area contributed by atoms with Crippen LogP contribution in [-0.2, 0) is 0 Å². The van der Waals surface area contributed by atoms with E-state index in [0.717, 1.165) is 0 Å². The zero-order chi connectivity index (χ0) is 13.2. The summed E-state index contributed by atoms with van der Waals surface area (Å²) in [5.41, 5.74) is 1.36. The molecule has 0 heterocycles. The molecule has 0 aliphatic rings. The van der Waals surface area contributed by atoms with E-state index >= 15 is 0 Å². The molecule has 2 heteroatoms. The summed E-state index contributed by atoms with van der Waals surface area (Å²) >= 11 is 0. The van der Waals surface area contributed by atoms with Crippen LogP contribution in [0.4, 0.5) is 0 Å². The van der Waals surface area contributed by atoms with E-state index in [9.17, 15) is 9.90 Å². The first kappa shape index (κ1) is 13.9. The first-order valence-electron chi connectivity index (χ1n) is 6.05. The van der Waals surface area contributed by atoms with Gasteiger partial charge in [0.1, 0.15) is 6.10 Å². The molecule has 0 amide bonds. The molecule has 1 aromatic rings. The number of aliphatic hydroxyl groups is 1. The lowest BCUT2D eigenvalue weighted by atomic mass is 9.84. The van der Waals surface area contributed by atoms with E-state index in [0.29, 0.717) is 11.5 Å². The summed E-state index contributed by atoms with van der Waals surface area (Å²) in [5, 5.41) is 9.94. The van der Waals surface area contributed by atoms with Crippen LogP contribution in [0, 0.1) is 5.41 Å². The maximum absolute atomic E-state index is 12.0. The summed E-state index contributed by atoms with van der Waals surface area (Å²) in [7, 11) is 0. The Morgan fingerprint density at radius 2 is 1.59 bits per heavy atom. The second-order valence-electron chi connectivity index (χ2n) is 5.91. The molecule has 0 aromatic heterocycles. The molecule has 2 nitrogen and oxygen atoms in total. The van der Waals surface area contributed by atoms with E-state index in [-0.39, 0.29) is 5.78 Å². The van der Waals surface area contributed by atoms with Crippen molar-refractivity contribution in [2.24, 2.45) is 5.41 Å². The van der Waals surface area contributed by atoms with Crippen molar-refractivity contribution in [3.05, 3.63) is 35.4 Å². The van der Waals surface area contributed by atoms with E-state index in [1.165, 1.54) is 5.56 Å². The lowest BCUT2D eigenvalue weighted by Crippen LogP contribution is -2.34. The van der Waals surface area contributed by atoms with Gasteiger partial charge in [0.25, 0.3) is 0 Å². The maximum atomic E-state index is 12.0. The number of carbonyl (C=O) groups excluding carboxylic acids is 1. The predicted molar refractivity (Wildman–Crippen MR) is 70.3 cm³/mol. The molecule has 0 bridgehead atoms. The molecule has 94 valence electrons. The van der Waals surface area contributed by atoms with Crippen molar-refractivity contribution in [1.29, 1.82) is 0 Å². The van der Waals surface area contributed by atoms with E-state index in [4.69, 9.17) is 0 Å². The molecule has 0 spiro atoms. The highest BCUT2D eigenvalue weighted by Crippen LogP contribution is 2.23.